The maximum Gasteiger partial charge on any atom is 0.330 e. The SMILES string of the molecule is C=C.CCOC(=O)C=CC1(c2ccccc2)CCC(=O)CC1. The van der Waals surface area contributed by atoms with Gasteiger partial charge in [0.05, 0.1) is 6.61 Å². The van der Waals surface area contributed by atoms with Gasteiger partial charge in [0.15, 0.2) is 0 Å². The molecule has 2 rings (SSSR count). The lowest BCUT2D eigenvalue weighted by Crippen LogP contribution is -2.30. The van der Waals surface area contributed by atoms with E-state index in [0.29, 0.717) is 25.2 Å². The molecule has 3 nitrogen and oxygen atoms in total. The Bertz CT molecular complexity index is 507. The first-order valence-electron chi connectivity index (χ1n) is 7.59. The fourth-order valence-electron chi connectivity index (χ4n) is 2.71. The molecule has 0 aromatic heterocycles. The lowest BCUT2D eigenvalue weighted by atomic mass is 9.69. The topological polar surface area (TPSA) is 43.4 Å². The van der Waals surface area contributed by atoms with Gasteiger partial charge in [-0.05, 0) is 25.3 Å². The molecular formula is C19H24O3. The summed E-state index contributed by atoms with van der Waals surface area (Å²) in [5.74, 6) is -0.0132. The van der Waals surface area contributed by atoms with E-state index in [1.165, 1.54) is 6.08 Å². The molecule has 3 heteroatoms. The van der Waals surface area contributed by atoms with Crippen LogP contribution in [-0.4, -0.2) is 18.4 Å². The first-order valence-corrected chi connectivity index (χ1v) is 7.59. The van der Waals surface area contributed by atoms with Crippen molar-refractivity contribution in [3.8, 4) is 0 Å². The predicted molar refractivity (Wildman–Crippen MR) is 88.6 cm³/mol. The van der Waals surface area contributed by atoms with Crippen LogP contribution in [0.3, 0.4) is 0 Å². The summed E-state index contributed by atoms with van der Waals surface area (Å²) in [6.07, 6.45) is 6.08. The van der Waals surface area contributed by atoms with Gasteiger partial charge in [-0.1, -0.05) is 36.4 Å². The van der Waals surface area contributed by atoms with E-state index in [4.69, 9.17) is 4.74 Å². The molecule has 0 atom stereocenters. The summed E-state index contributed by atoms with van der Waals surface area (Å²) < 4.78 is 4.94. The van der Waals surface area contributed by atoms with Crippen LogP contribution in [0.4, 0.5) is 0 Å². The molecule has 0 saturated heterocycles. The molecule has 0 radical (unpaired) electrons. The Kier molecular flexibility index (Phi) is 7.30. The van der Waals surface area contributed by atoms with Crippen molar-refractivity contribution in [2.75, 3.05) is 6.61 Å². The van der Waals surface area contributed by atoms with Gasteiger partial charge in [0.25, 0.3) is 0 Å². The van der Waals surface area contributed by atoms with E-state index in [1.54, 1.807) is 6.92 Å². The van der Waals surface area contributed by atoms with Gasteiger partial charge in [-0.25, -0.2) is 4.79 Å². The van der Waals surface area contributed by atoms with E-state index in [0.717, 1.165) is 18.4 Å². The normalized spacial score (nSPS) is 16.7. The highest BCUT2D eigenvalue weighted by Crippen LogP contribution is 2.39. The van der Waals surface area contributed by atoms with Gasteiger partial charge in [-0.2, -0.15) is 0 Å². The molecule has 0 aliphatic heterocycles. The zero-order chi connectivity index (χ0) is 16.4. The highest BCUT2D eigenvalue weighted by atomic mass is 16.5. The first-order chi connectivity index (χ1) is 10.7. The number of hydrogen-bond donors (Lipinski definition) is 0. The lowest BCUT2D eigenvalue weighted by molar-refractivity contribution is -0.137. The third-order valence-electron chi connectivity index (χ3n) is 3.87. The molecule has 0 spiro atoms. The van der Waals surface area contributed by atoms with Gasteiger partial charge in [0, 0.05) is 24.3 Å². The van der Waals surface area contributed by atoms with Gasteiger partial charge in [-0.3, -0.25) is 4.79 Å². The molecule has 1 saturated carbocycles. The summed E-state index contributed by atoms with van der Waals surface area (Å²) in [7, 11) is 0. The number of rotatable bonds is 4. The van der Waals surface area contributed by atoms with Gasteiger partial charge in [0.1, 0.15) is 5.78 Å². The number of esters is 1. The van der Waals surface area contributed by atoms with E-state index in [-0.39, 0.29) is 11.4 Å². The number of allylic oxidation sites excluding steroid dienone is 1. The van der Waals surface area contributed by atoms with Gasteiger partial charge < -0.3 is 4.74 Å². The molecule has 1 aromatic carbocycles. The fraction of sp³-hybridized carbons (Fsp3) is 0.368. The van der Waals surface area contributed by atoms with E-state index < -0.39 is 0 Å². The van der Waals surface area contributed by atoms with Crippen LogP contribution in [0.1, 0.15) is 38.2 Å². The number of ether oxygens (including phenoxy) is 1. The molecule has 0 heterocycles. The Balaban J connectivity index is 0.00000116. The summed E-state index contributed by atoms with van der Waals surface area (Å²) in [6, 6.07) is 10.1. The summed E-state index contributed by atoms with van der Waals surface area (Å²) in [5, 5.41) is 0. The number of ketones is 1. The predicted octanol–water partition coefficient (Wildman–Crippen LogP) is 3.99. The van der Waals surface area contributed by atoms with Crippen molar-refractivity contribution in [2.45, 2.75) is 38.0 Å². The zero-order valence-corrected chi connectivity index (χ0v) is 13.2. The highest BCUT2D eigenvalue weighted by Gasteiger charge is 2.34. The monoisotopic (exact) mass is 300 g/mol. The maximum absolute atomic E-state index is 11.5. The maximum atomic E-state index is 11.5. The second-order valence-electron chi connectivity index (χ2n) is 5.15. The largest absolute Gasteiger partial charge is 0.463 e. The molecule has 0 N–H and O–H groups in total. The molecule has 22 heavy (non-hydrogen) atoms. The fourth-order valence-corrected chi connectivity index (χ4v) is 2.71. The van der Waals surface area contributed by atoms with Crippen LogP contribution in [-0.2, 0) is 19.7 Å². The van der Waals surface area contributed by atoms with Crippen LogP contribution in [0.25, 0.3) is 0 Å². The summed E-state index contributed by atoms with van der Waals surface area (Å²) in [4.78, 5) is 23.1. The van der Waals surface area contributed by atoms with Crippen molar-refractivity contribution in [3.05, 3.63) is 61.2 Å². The van der Waals surface area contributed by atoms with Crippen LogP contribution in [0.2, 0.25) is 0 Å². The molecule has 1 aliphatic rings. The zero-order valence-electron chi connectivity index (χ0n) is 13.2. The van der Waals surface area contributed by atoms with Crippen molar-refractivity contribution in [1.82, 2.24) is 0 Å². The third-order valence-corrected chi connectivity index (χ3v) is 3.87. The van der Waals surface area contributed by atoms with E-state index in [2.05, 4.69) is 25.3 Å². The molecule has 1 fully saturated rings. The Morgan fingerprint density at radius 2 is 1.82 bits per heavy atom. The first kappa shape index (κ1) is 17.9. The molecule has 0 amide bonds. The van der Waals surface area contributed by atoms with Crippen LogP contribution in [0, 0.1) is 0 Å². The van der Waals surface area contributed by atoms with Gasteiger partial charge in [-0.15, -0.1) is 13.2 Å². The third kappa shape index (κ3) is 4.69. The Morgan fingerprint density at radius 3 is 2.36 bits per heavy atom. The average molecular weight is 300 g/mol. The minimum atomic E-state index is -0.320. The summed E-state index contributed by atoms with van der Waals surface area (Å²) >= 11 is 0. The molecule has 0 unspecified atom stereocenters. The minimum absolute atomic E-state index is 0.220. The van der Waals surface area contributed by atoms with E-state index in [1.807, 2.05) is 24.3 Å². The molecule has 0 bridgehead atoms. The quantitative estimate of drug-likeness (QED) is 0.480. The smallest absolute Gasteiger partial charge is 0.330 e. The highest BCUT2D eigenvalue weighted by molar-refractivity contribution is 5.83. The standard InChI is InChI=1S/C17H20O3.C2H4/c1-2-20-16(19)10-13-17(11-8-15(18)9-12-17)14-6-4-3-5-7-14;1-2/h3-7,10,13H,2,8-9,11-12H2,1H3;1-2H2. The second-order valence-corrected chi connectivity index (χ2v) is 5.15. The van der Waals surface area contributed by atoms with Crippen molar-refractivity contribution in [3.63, 3.8) is 0 Å². The van der Waals surface area contributed by atoms with Crippen LogP contribution in [0.5, 0.6) is 0 Å². The molecule has 1 aromatic rings. The number of hydrogen-bond acceptors (Lipinski definition) is 3. The van der Waals surface area contributed by atoms with Crippen molar-refractivity contribution in [1.29, 1.82) is 0 Å². The minimum Gasteiger partial charge on any atom is -0.463 e. The molecule has 1 aliphatic carbocycles. The van der Waals surface area contributed by atoms with Crippen molar-refractivity contribution in [2.24, 2.45) is 0 Å². The Morgan fingerprint density at radius 1 is 1.23 bits per heavy atom. The molecular weight excluding hydrogens is 276 g/mol. The number of benzene rings is 1. The Hall–Kier alpha value is -2.16. The number of carbonyl (C=O) groups excluding carboxylic acids is 2. The lowest BCUT2D eigenvalue weighted by Gasteiger charge is -2.34. The van der Waals surface area contributed by atoms with Crippen LogP contribution >= 0.6 is 0 Å². The van der Waals surface area contributed by atoms with Crippen LogP contribution in [0.15, 0.2) is 55.6 Å². The van der Waals surface area contributed by atoms with Crippen molar-refractivity contribution >= 4 is 11.8 Å². The molecule has 118 valence electrons. The van der Waals surface area contributed by atoms with E-state index in [9.17, 15) is 9.59 Å². The summed E-state index contributed by atoms with van der Waals surface area (Å²) in [5.41, 5.74) is 0.940. The number of Topliss-reactive ketones (excluding diaryl/α,β-unsaturated/α-hetero) is 1. The Labute approximate surface area is 132 Å². The van der Waals surface area contributed by atoms with Gasteiger partial charge in [0.2, 0.25) is 0 Å². The average Bonchev–Trinajstić information content (AvgIpc) is 2.58. The van der Waals surface area contributed by atoms with Gasteiger partial charge >= 0.3 is 5.97 Å². The second kappa shape index (κ2) is 8.98. The van der Waals surface area contributed by atoms with Crippen LogP contribution < -0.4 is 0 Å². The van der Waals surface area contributed by atoms with Crippen molar-refractivity contribution < 1.29 is 14.3 Å². The summed E-state index contributed by atoms with van der Waals surface area (Å²) in [6.45, 7) is 8.16. The van der Waals surface area contributed by atoms with E-state index >= 15 is 0 Å². The number of carbonyl (C=O) groups is 2.